The Morgan fingerprint density at radius 1 is 1.05 bits per heavy atom. The molecule has 4 aromatic rings. The Labute approximate surface area is 228 Å². The van der Waals surface area contributed by atoms with Crippen molar-refractivity contribution in [3.63, 3.8) is 0 Å². The number of pyridine rings is 2. The number of ether oxygens (including phenoxy) is 3. The largest absolute Gasteiger partial charge is 1.00 e. The van der Waals surface area contributed by atoms with Crippen molar-refractivity contribution in [3.05, 3.63) is 71.7 Å². The van der Waals surface area contributed by atoms with Gasteiger partial charge in [-0.05, 0) is 48.4 Å². The van der Waals surface area contributed by atoms with E-state index in [2.05, 4.69) is 64.4 Å². The predicted octanol–water partition coefficient (Wildman–Crippen LogP) is 2.68. The quantitative estimate of drug-likeness (QED) is 0.265. The number of halogens is 1. The van der Waals surface area contributed by atoms with Crippen LogP contribution in [0.1, 0.15) is 43.0 Å². The topological polar surface area (TPSA) is 56.5 Å². The number of unbranched alkanes of at least 4 members (excludes halogenated alkanes) is 2. The lowest BCUT2D eigenvalue weighted by molar-refractivity contribution is -0.686. The zero-order valence-corrected chi connectivity index (χ0v) is 22.9. The van der Waals surface area contributed by atoms with Crippen LogP contribution in [0.5, 0.6) is 17.2 Å². The second-order valence-electron chi connectivity index (χ2n) is 9.50. The van der Waals surface area contributed by atoms with Gasteiger partial charge < -0.3 is 36.5 Å². The first kappa shape index (κ1) is 25.3. The van der Waals surface area contributed by atoms with Crippen molar-refractivity contribution >= 4 is 16.5 Å². The van der Waals surface area contributed by atoms with Gasteiger partial charge in [0, 0.05) is 42.2 Å². The molecule has 0 fully saturated rings. The molecule has 2 aliphatic rings. The third kappa shape index (κ3) is 4.73. The number of aryl methyl sites for hydroxylation is 2. The maximum absolute atomic E-state index is 5.80. The van der Waals surface area contributed by atoms with E-state index in [0.29, 0.717) is 0 Å². The van der Waals surface area contributed by atoms with Crippen molar-refractivity contribution in [1.29, 1.82) is 0 Å². The van der Waals surface area contributed by atoms with Crippen LogP contribution in [0.2, 0.25) is 0 Å². The van der Waals surface area contributed by atoms with Crippen molar-refractivity contribution in [3.8, 4) is 28.5 Å². The second kappa shape index (κ2) is 11.0. The van der Waals surface area contributed by atoms with Gasteiger partial charge in [0.25, 0.3) is 0 Å². The Hall–Kier alpha value is -3.32. The van der Waals surface area contributed by atoms with Gasteiger partial charge in [-0.15, -0.1) is 0 Å². The maximum Gasteiger partial charge on any atom is 0.231 e. The molecule has 0 unspecified atom stereocenters. The highest BCUT2D eigenvalue weighted by molar-refractivity contribution is 6.00. The monoisotopic (exact) mass is 561 g/mol. The fourth-order valence-corrected chi connectivity index (χ4v) is 5.47. The lowest BCUT2D eigenvalue weighted by Crippen LogP contribution is -3.00. The number of rotatable bonds is 8. The summed E-state index contributed by atoms with van der Waals surface area (Å²) >= 11 is 0. The minimum absolute atomic E-state index is 0. The van der Waals surface area contributed by atoms with Crippen LogP contribution in [0.4, 0.5) is 5.69 Å². The van der Waals surface area contributed by atoms with Crippen LogP contribution in [-0.2, 0) is 19.4 Å². The lowest BCUT2D eigenvalue weighted by Gasteiger charge is -2.21. The van der Waals surface area contributed by atoms with Crippen LogP contribution in [0, 0.1) is 0 Å². The molecule has 192 valence electrons. The predicted molar refractivity (Wildman–Crippen MR) is 141 cm³/mol. The molecule has 6 nitrogen and oxygen atoms in total. The number of nitrogens with one attached hydrogen (secondary N) is 1. The van der Waals surface area contributed by atoms with Crippen molar-refractivity contribution in [1.82, 2.24) is 4.98 Å². The minimum Gasteiger partial charge on any atom is -1.00 e. The summed E-state index contributed by atoms with van der Waals surface area (Å²) in [5.74, 6) is 2.54. The van der Waals surface area contributed by atoms with E-state index < -0.39 is 0 Å². The fraction of sp³-hybridized carbons (Fsp3) is 0.333. The number of hydrogen-bond donors (Lipinski definition) is 1. The number of nitrogens with zero attached hydrogens (tertiary/aromatic N) is 2. The summed E-state index contributed by atoms with van der Waals surface area (Å²) in [4.78, 5) is 4.68. The van der Waals surface area contributed by atoms with Gasteiger partial charge in [-0.2, -0.15) is 4.57 Å². The van der Waals surface area contributed by atoms with E-state index in [1.807, 2.05) is 12.3 Å². The number of anilines is 1. The van der Waals surface area contributed by atoms with E-state index in [-0.39, 0.29) is 23.8 Å². The molecule has 0 amide bonds. The van der Waals surface area contributed by atoms with E-state index in [4.69, 9.17) is 14.2 Å². The molecule has 0 radical (unpaired) electrons. The Bertz CT molecular complexity index is 1430. The van der Waals surface area contributed by atoms with Gasteiger partial charge in [-0.1, -0.05) is 25.8 Å². The van der Waals surface area contributed by atoms with E-state index >= 15 is 0 Å². The highest BCUT2D eigenvalue weighted by atomic mass is 79.9. The number of methoxy groups -OCH3 is 1. The molecule has 2 aliphatic heterocycles. The summed E-state index contributed by atoms with van der Waals surface area (Å²) in [5, 5.41) is 6.11. The van der Waals surface area contributed by atoms with Crippen LogP contribution < -0.4 is 41.1 Å². The number of fused-ring (bicyclic) bond motifs is 5. The van der Waals surface area contributed by atoms with E-state index in [1.165, 1.54) is 46.0 Å². The molecule has 7 heteroatoms. The Morgan fingerprint density at radius 2 is 1.92 bits per heavy atom. The number of hydrogen-bond acceptors (Lipinski definition) is 5. The van der Waals surface area contributed by atoms with E-state index in [9.17, 15) is 0 Å². The Balaban J connectivity index is 0.00000280. The SMILES string of the molecule is CCCCCNc1c(OC)ccc2c(Cc3ccccn3)c3[n+](cc12)CCc1cc2c(cc1-3)OCO2.[Br-]. The average Bonchev–Trinajstić information content (AvgIpc) is 3.37. The third-order valence-corrected chi connectivity index (χ3v) is 7.25. The number of benzene rings is 2. The van der Waals surface area contributed by atoms with Crippen molar-refractivity contribution < 1.29 is 35.8 Å². The summed E-state index contributed by atoms with van der Waals surface area (Å²) in [6.07, 6.45) is 9.40. The Kier molecular flexibility index (Phi) is 7.51. The normalized spacial score (nSPS) is 13.0. The first-order valence-electron chi connectivity index (χ1n) is 12.9. The van der Waals surface area contributed by atoms with Gasteiger partial charge in [-0.3, -0.25) is 4.98 Å². The molecule has 0 saturated heterocycles. The molecule has 0 spiro atoms. The average molecular weight is 563 g/mol. The van der Waals surface area contributed by atoms with E-state index in [1.54, 1.807) is 7.11 Å². The third-order valence-electron chi connectivity index (χ3n) is 7.25. The van der Waals surface area contributed by atoms with Crippen LogP contribution in [0.25, 0.3) is 22.0 Å². The molecular formula is C30H32BrN3O3. The van der Waals surface area contributed by atoms with Gasteiger partial charge in [0.15, 0.2) is 24.2 Å². The maximum atomic E-state index is 5.80. The summed E-state index contributed by atoms with van der Waals surface area (Å²) in [7, 11) is 1.75. The highest BCUT2D eigenvalue weighted by Gasteiger charge is 2.32. The van der Waals surface area contributed by atoms with Crippen LogP contribution in [0.15, 0.2) is 54.9 Å². The molecule has 4 heterocycles. The highest BCUT2D eigenvalue weighted by Crippen LogP contribution is 2.43. The molecule has 6 rings (SSSR count). The van der Waals surface area contributed by atoms with Gasteiger partial charge in [0.05, 0.1) is 23.7 Å². The van der Waals surface area contributed by atoms with Gasteiger partial charge in [0.1, 0.15) is 5.75 Å². The molecule has 0 atom stereocenters. The molecule has 0 aliphatic carbocycles. The van der Waals surface area contributed by atoms with Gasteiger partial charge in [0.2, 0.25) is 12.5 Å². The van der Waals surface area contributed by atoms with Crippen molar-refractivity contribution in [2.24, 2.45) is 0 Å². The van der Waals surface area contributed by atoms with Gasteiger partial charge >= 0.3 is 0 Å². The molecule has 1 N–H and O–H groups in total. The Morgan fingerprint density at radius 3 is 2.70 bits per heavy atom. The smallest absolute Gasteiger partial charge is 0.231 e. The fourth-order valence-electron chi connectivity index (χ4n) is 5.47. The van der Waals surface area contributed by atoms with Gasteiger partial charge in [-0.25, -0.2) is 0 Å². The minimum atomic E-state index is 0. The molecule has 2 aromatic heterocycles. The summed E-state index contributed by atoms with van der Waals surface area (Å²) < 4.78 is 19.7. The van der Waals surface area contributed by atoms with Crippen LogP contribution >= 0.6 is 0 Å². The summed E-state index contributed by atoms with van der Waals surface area (Å²) in [6.45, 7) is 4.34. The van der Waals surface area contributed by atoms with Crippen LogP contribution in [0.3, 0.4) is 0 Å². The molecule has 0 bridgehead atoms. The zero-order chi connectivity index (χ0) is 24.5. The summed E-state index contributed by atoms with van der Waals surface area (Å²) in [5.41, 5.74) is 7.13. The second-order valence-corrected chi connectivity index (χ2v) is 9.50. The molecular weight excluding hydrogens is 530 g/mol. The lowest BCUT2D eigenvalue weighted by atomic mass is 9.89. The molecule has 0 saturated carbocycles. The first-order valence-corrected chi connectivity index (χ1v) is 12.9. The molecule has 37 heavy (non-hydrogen) atoms. The van der Waals surface area contributed by atoms with Crippen molar-refractivity contribution in [2.75, 3.05) is 25.8 Å². The zero-order valence-electron chi connectivity index (χ0n) is 21.4. The first-order chi connectivity index (χ1) is 17.8. The molecule has 2 aromatic carbocycles. The summed E-state index contributed by atoms with van der Waals surface area (Å²) in [6, 6.07) is 14.7. The number of aromatic nitrogens is 2. The standard InChI is InChI=1S/C30H31N3O3.BrH/c1-3-4-6-13-32-29-25-18-33-14-11-20-15-27-28(36-19-35-27)17-23(20)30(33)24(16-21-8-5-7-12-31-21)22(25)9-10-26(29)34-2;/h5,7-10,12,15,17-18H,3-4,6,11,13-14,16,19H2,1-2H3;1H. The van der Waals surface area contributed by atoms with Crippen molar-refractivity contribution in [2.45, 2.75) is 45.6 Å². The van der Waals surface area contributed by atoms with Crippen LogP contribution in [-0.4, -0.2) is 25.4 Å². The van der Waals surface area contributed by atoms with E-state index in [0.717, 1.165) is 61.0 Å².